The third-order valence-electron chi connectivity index (χ3n) is 4.58. The SMILES string of the molecule is COc1ccc(NC(=O)N2CCC[C@H]2c2nc3ccccc3[nH]2)cc1. The molecular formula is C19H20N4O2. The smallest absolute Gasteiger partial charge is 0.322 e. The molecule has 1 atom stereocenters. The van der Waals surface area contributed by atoms with Gasteiger partial charge in [-0.1, -0.05) is 12.1 Å². The van der Waals surface area contributed by atoms with Crippen molar-refractivity contribution in [3.8, 4) is 5.75 Å². The van der Waals surface area contributed by atoms with E-state index in [4.69, 9.17) is 4.74 Å². The van der Waals surface area contributed by atoms with E-state index in [2.05, 4.69) is 15.3 Å². The van der Waals surface area contributed by atoms with Crippen LogP contribution in [0.3, 0.4) is 0 Å². The van der Waals surface area contributed by atoms with E-state index in [1.165, 1.54) is 0 Å². The van der Waals surface area contributed by atoms with E-state index in [1.807, 2.05) is 53.4 Å². The molecule has 3 aromatic rings. The van der Waals surface area contributed by atoms with Crippen molar-refractivity contribution in [2.24, 2.45) is 0 Å². The van der Waals surface area contributed by atoms with Crippen molar-refractivity contribution < 1.29 is 9.53 Å². The highest BCUT2D eigenvalue weighted by Gasteiger charge is 2.32. The maximum Gasteiger partial charge on any atom is 0.322 e. The highest BCUT2D eigenvalue weighted by Crippen LogP contribution is 2.32. The molecule has 2 N–H and O–H groups in total. The summed E-state index contributed by atoms with van der Waals surface area (Å²) in [6.07, 6.45) is 1.88. The first-order chi connectivity index (χ1) is 12.2. The number of aromatic amines is 1. The van der Waals surface area contributed by atoms with Crippen LogP contribution in [0, 0.1) is 0 Å². The number of imidazole rings is 1. The minimum atomic E-state index is -0.104. The number of ether oxygens (including phenoxy) is 1. The van der Waals surface area contributed by atoms with Crippen LogP contribution in [-0.2, 0) is 0 Å². The number of benzene rings is 2. The highest BCUT2D eigenvalue weighted by atomic mass is 16.5. The van der Waals surface area contributed by atoms with Crippen LogP contribution in [0.15, 0.2) is 48.5 Å². The molecule has 1 saturated heterocycles. The lowest BCUT2D eigenvalue weighted by Gasteiger charge is -2.23. The number of hydrogen-bond donors (Lipinski definition) is 2. The Morgan fingerprint density at radius 2 is 2.04 bits per heavy atom. The van der Waals surface area contributed by atoms with E-state index in [0.29, 0.717) is 0 Å². The van der Waals surface area contributed by atoms with Crippen LogP contribution >= 0.6 is 0 Å². The second-order valence-corrected chi connectivity index (χ2v) is 6.15. The molecule has 6 heteroatoms. The number of hydrogen-bond acceptors (Lipinski definition) is 3. The van der Waals surface area contributed by atoms with Gasteiger partial charge in [0.15, 0.2) is 0 Å². The normalized spacial score (nSPS) is 17.0. The zero-order valence-electron chi connectivity index (χ0n) is 14.0. The Morgan fingerprint density at radius 3 is 2.80 bits per heavy atom. The number of carbonyl (C=O) groups excluding carboxylic acids is 1. The van der Waals surface area contributed by atoms with Crippen LogP contribution in [-0.4, -0.2) is 34.6 Å². The van der Waals surface area contributed by atoms with Crippen LogP contribution in [0.25, 0.3) is 11.0 Å². The fourth-order valence-corrected chi connectivity index (χ4v) is 3.29. The Morgan fingerprint density at radius 1 is 1.24 bits per heavy atom. The largest absolute Gasteiger partial charge is 0.497 e. The molecule has 2 aromatic carbocycles. The number of anilines is 1. The van der Waals surface area contributed by atoms with Gasteiger partial charge in [0.2, 0.25) is 0 Å². The summed E-state index contributed by atoms with van der Waals surface area (Å²) in [6.45, 7) is 0.726. The topological polar surface area (TPSA) is 70.2 Å². The zero-order valence-corrected chi connectivity index (χ0v) is 14.0. The van der Waals surface area contributed by atoms with Crippen molar-refractivity contribution in [1.82, 2.24) is 14.9 Å². The second-order valence-electron chi connectivity index (χ2n) is 6.15. The standard InChI is InChI=1S/C19H20N4O2/c1-25-14-10-8-13(9-11-14)20-19(24)23-12-4-7-17(23)18-21-15-5-2-3-6-16(15)22-18/h2-3,5-6,8-11,17H,4,7,12H2,1H3,(H,20,24)(H,21,22)/t17-/m0/s1. The van der Waals surface area contributed by atoms with Gasteiger partial charge < -0.3 is 19.9 Å². The average Bonchev–Trinajstić information content (AvgIpc) is 3.28. The Hall–Kier alpha value is -3.02. The van der Waals surface area contributed by atoms with Crippen molar-refractivity contribution in [3.05, 3.63) is 54.4 Å². The molecule has 2 amide bonds. The van der Waals surface area contributed by atoms with Gasteiger partial charge in [-0.05, 0) is 49.2 Å². The number of methoxy groups -OCH3 is 1. The first kappa shape index (κ1) is 15.5. The summed E-state index contributed by atoms with van der Waals surface area (Å²) in [5.74, 6) is 1.61. The second kappa shape index (κ2) is 6.47. The number of para-hydroxylation sites is 2. The first-order valence-corrected chi connectivity index (χ1v) is 8.41. The third kappa shape index (κ3) is 3.03. The summed E-state index contributed by atoms with van der Waals surface area (Å²) < 4.78 is 5.14. The molecule has 128 valence electrons. The number of amides is 2. The predicted molar refractivity (Wildman–Crippen MR) is 96.8 cm³/mol. The Bertz CT molecular complexity index is 855. The molecule has 2 heterocycles. The lowest BCUT2D eigenvalue weighted by Crippen LogP contribution is -2.34. The van der Waals surface area contributed by atoms with Crippen molar-refractivity contribution in [2.75, 3.05) is 19.0 Å². The highest BCUT2D eigenvalue weighted by molar-refractivity contribution is 5.90. The van der Waals surface area contributed by atoms with Crippen molar-refractivity contribution >= 4 is 22.8 Å². The van der Waals surface area contributed by atoms with Gasteiger partial charge in [0.25, 0.3) is 0 Å². The van der Waals surface area contributed by atoms with Gasteiger partial charge in [0.1, 0.15) is 11.6 Å². The van der Waals surface area contributed by atoms with Crippen LogP contribution in [0.1, 0.15) is 24.7 Å². The van der Waals surface area contributed by atoms with E-state index in [-0.39, 0.29) is 12.1 Å². The average molecular weight is 336 g/mol. The number of nitrogens with one attached hydrogen (secondary N) is 2. The summed E-state index contributed by atoms with van der Waals surface area (Å²) in [5.41, 5.74) is 2.68. The molecule has 1 aliphatic rings. The number of carbonyl (C=O) groups is 1. The Labute approximate surface area is 145 Å². The summed E-state index contributed by atoms with van der Waals surface area (Å²) in [6, 6.07) is 15.1. The fourth-order valence-electron chi connectivity index (χ4n) is 3.29. The molecule has 25 heavy (non-hydrogen) atoms. The lowest BCUT2D eigenvalue weighted by molar-refractivity contribution is 0.205. The monoisotopic (exact) mass is 336 g/mol. The lowest BCUT2D eigenvalue weighted by atomic mass is 10.2. The maximum absolute atomic E-state index is 12.7. The van der Waals surface area contributed by atoms with Gasteiger partial charge in [0, 0.05) is 12.2 Å². The molecule has 0 radical (unpaired) electrons. The molecule has 1 aromatic heterocycles. The summed E-state index contributed by atoms with van der Waals surface area (Å²) >= 11 is 0. The van der Waals surface area contributed by atoms with Gasteiger partial charge in [-0.2, -0.15) is 0 Å². The minimum Gasteiger partial charge on any atom is -0.497 e. The number of likely N-dealkylation sites (tertiary alicyclic amines) is 1. The van der Waals surface area contributed by atoms with Crippen molar-refractivity contribution in [3.63, 3.8) is 0 Å². The number of aromatic nitrogens is 2. The minimum absolute atomic E-state index is 0.0225. The van der Waals surface area contributed by atoms with Crippen molar-refractivity contribution in [2.45, 2.75) is 18.9 Å². The maximum atomic E-state index is 12.7. The Kier molecular flexibility index (Phi) is 4.01. The molecular weight excluding hydrogens is 316 g/mol. The quantitative estimate of drug-likeness (QED) is 0.761. The van der Waals surface area contributed by atoms with Gasteiger partial charge >= 0.3 is 6.03 Å². The fraction of sp³-hybridized carbons (Fsp3) is 0.263. The van der Waals surface area contributed by atoms with Crippen LogP contribution in [0.4, 0.5) is 10.5 Å². The number of fused-ring (bicyclic) bond motifs is 1. The van der Waals surface area contributed by atoms with Crippen molar-refractivity contribution in [1.29, 1.82) is 0 Å². The number of H-pyrrole nitrogens is 1. The van der Waals surface area contributed by atoms with E-state index in [9.17, 15) is 4.79 Å². The van der Waals surface area contributed by atoms with Gasteiger partial charge in [-0.15, -0.1) is 0 Å². The molecule has 0 bridgehead atoms. The van der Waals surface area contributed by atoms with E-state index in [1.54, 1.807) is 7.11 Å². The number of nitrogens with zero attached hydrogens (tertiary/aromatic N) is 2. The van der Waals surface area contributed by atoms with Gasteiger partial charge in [-0.3, -0.25) is 0 Å². The molecule has 1 fully saturated rings. The van der Waals surface area contributed by atoms with E-state index < -0.39 is 0 Å². The summed E-state index contributed by atoms with van der Waals surface area (Å²) in [7, 11) is 1.62. The van der Waals surface area contributed by atoms with Crippen LogP contribution in [0.2, 0.25) is 0 Å². The van der Waals surface area contributed by atoms with Crippen LogP contribution in [0.5, 0.6) is 5.75 Å². The molecule has 1 aliphatic heterocycles. The number of rotatable bonds is 3. The molecule has 4 rings (SSSR count). The molecule has 0 saturated carbocycles. The summed E-state index contributed by atoms with van der Waals surface area (Å²) in [4.78, 5) is 22.6. The van der Waals surface area contributed by atoms with Crippen LogP contribution < -0.4 is 10.1 Å². The molecule has 0 unspecified atom stereocenters. The third-order valence-corrected chi connectivity index (χ3v) is 4.58. The molecule has 0 aliphatic carbocycles. The number of urea groups is 1. The molecule has 0 spiro atoms. The molecule has 6 nitrogen and oxygen atoms in total. The van der Waals surface area contributed by atoms with Gasteiger partial charge in [-0.25, -0.2) is 9.78 Å². The van der Waals surface area contributed by atoms with E-state index in [0.717, 1.165) is 47.7 Å². The zero-order chi connectivity index (χ0) is 17.2. The van der Waals surface area contributed by atoms with E-state index >= 15 is 0 Å². The first-order valence-electron chi connectivity index (χ1n) is 8.41. The Balaban J connectivity index is 1.52. The summed E-state index contributed by atoms with van der Waals surface area (Å²) in [5, 5.41) is 2.96. The van der Waals surface area contributed by atoms with Gasteiger partial charge in [0.05, 0.1) is 24.2 Å². The predicted octanol–water partition coefficient (Wildman–Crippen LogP) is 3.94.